The Morgan fingerprint density at radius 2 is 1.84 bits per heavy atom. The van der Waals surface area contributed by atoms with Gasteiger partial charge in [-0.2, -0.15) is 0 Å². The van der Waals surface area contributed by atoms with E-state index in [9.17, 15) is 14.4 Å². The molecule has 2 rings (SSSR count). The van der Waals surface area contributed by atoms with E-state index in [0.717, 1.165) is 48.8 Å². The fourth-order valence-corrected chi connectivity index (χ4v) is 3.75. The number of rotatable bonds is 9. The van der Waals surface area contributed by atoms with E-state index in [4.69, 9.17) is 4.74 Å². The van der Waals surface area contributed by atoms with Gasteiger partial charge in [-0.3, -0.25) is 9.59 Å². The third-order valence-electron chi connectivity index (χ3n) is 5.84. The van der Waals surface area contributed by atoms with Crippen molar-refractivity contribution in [3.05, 3.63) is 34.9 Å². The van der Waals surface area contributed by atoms with Gasteiger partial charge in [0, 0.05) is 12.6 Å². The Kier molecular flexibility index (Phi) is 9.10. The first kappa shape index (κ1) is 25.7. The van der Waals surface area contributed by atoms with E-state index in [0.29, 0.717) is 6.54 Å². The first-order chi connectivity index (χ1) is 15.0. The molecule has 0 bridgehead atoms. The molecule has 7 nitrogen and oxygen atoms in total. The third kappa shape index (κ3) is 6.97. The molecule has 1 aromatic rings. The maximum absolute atomic E-state index is 13.4. The second kappa shape index (κ2) is 11.3. The summed E-state index contributed by atoms with van der Waals surface area (Å²) in [5.41, 5.74) is 2.25. The van der Waals surface area contributed by atoms with Gasteiger partial charge in [-0.05, 0) is 77.0 Å². The Hall–Kier alpha value is -2.57. The molecule has 1 saturated carbocycles. The topological polar surface area (TPSA) is 87.7 Å². The molecule has 1 fully saturated rings. The molecule has 0 spiro atoms. The van der Waals surface area contributed by atoms with Crippen LogP contribution >= 0.6 is 0 Å². The average Bonchev–Trinajstić information content (AvgIpc) is 2.66. The number of hydrogen-bond acceptors (Lipinski definition) is 4. The Morgan fingerprint density at radius 1 is 1.16 bits per heavy atom. The van der Waals surface area contributed by atoms with E-state index in [-0.39, 0.29) is 24.4 Å². The number of carbonyl (C=O) groups is 3. The summed E-state index contributed by atoms with van der Waals surface area (Å²) >= 11 is 0. The summed E-state index contributed by atoms with van der Waals surface area (Å²) in [4.78, 5) is 40.5. The lowest BCUT2D eigenvalue weighted by atomic mass is 9.87. The molecule has 32 heavy (non-hydrogen) atoms. The maximum Gasteiger partial charge on any atom is 0.408 e. The van der Waals surface area contributed by atoms with Crippen molar-refractivity contribution in [3.8, 4) is 0 Å². The van der Waals surface area contributed by atoms with Crippen molar-refractivity contribution in [2.24, 2.45) is 0 Å². The van der Waals surface area contributed by atoms with Crippen molar-refractivity contribution in [1.82, 2.24) is 15.5 Å². The normalized spacial score (nSPS) is 14.8. The molecule has 3 amide bonds. The zero-order chi connectivity index (χ0) is 23.9. The number of benzene rings is 1. The Labute approximate surface area is 192 Å². The van der Waals surface area contributed by atoms with Gasteiger partial charge in [0.05, 0.1) is 0 Å². The molecule has 1 atom stereocenters. The van der Waals surface area contributed by atoms with Gasteiger partial charge in [-0.15, -0.1) is 0 Å². The summed E-state index contributed by atoms with van der Waals surface area (Å²) in [6.45, 7) is 11.7. The Balaban J connectivity index is 2.32. The molecule has 1 aromatic carbocycles. The van der Waals surface area contributed by atoms with E-state index >= 15 is 0 Å². The third-order valence-corrected chi connectivity index (χ3v) is 5.84. The molecular weight excluding hydrogens is 406 g/mol. The first-order valence-electron chi connectivity index (χ1n) is 11.7. The molecule has 1 aliphatic carbocycles. The van der Waals surface area contributed by atoms with Crippen LogP contribution in [0, 0.1) is 13.8 Å². The minimum absolute atomic E-state index is 0.0234. The van der Waals surface area contributed by atoms with Gasteiger partial charge < -0.3 is 20.3 Å². The van der Waals surface area contributed by atoms with Gasteiger partial charge in [0.2, 0.25) is 11.8 Å². The molecule has 1 aliphatic rings. The molecule has 0 heterocycles. The fraction of sp³-hybridized carbons (Fsp3) is 0.640. The van der Waals surface area contributed by atoms with Gasteiger partial charge >= 0.3 is 6.09 Å². The molecule has 0 radical (unpaired) electrons. The number of ether oxygens (including phenoxy) is 1. The monoisotopic (exact) mass is 445 g/mol. The summed E-state index contributed by atoms with van der Waals surface area (Å²) in [6, 6.07) is 5.10. The molecule has 2 N–H and O–H groups in total. The maximum atomic E-state index is 13.4. The predicted molar refractivity (Wildman–Crippen MR) is 125 cm³/mol. The van der Waals surface area contributed by atoms with Crippen LogP contribution < -0.4 is 10.6 Å². The van der Waals surface area contributed by atoms with Crippen molar-refractivity contribution in [3.63, 3.8) is 0 Å². The van der Waals surface area contributed by atoms with Gasteiger partial charge in [0.15, 0.2) is 0 Å². The van der Waals surface area contributed by atoms with Gasteiger partial charge in [0.25, 0.3) is 0 Å². The summed E-state index contributed by atoms with van der Waals surface area (Å²) in [5, 5.41) is 5.58. The number of amides is 3. The molecule has 0 saturated heterocycles. The Bertz CT molecular complexity index is 812. The largest absolute Gasteiger partial charge is 0.444 e. The highest BCUT2D eigenvalue weighted by atomic mass is 16.6. The summed E-state index contributed by atoms with van der Waals surface area (Å²) in [6.07, 6.45) is 3.92. The average molecular weight is 446 g/mol. The van der Waals surface area contributed by atoms with Crippen LogP contribution in [0.5, 0.6) is 0 Å². The number of nitrogens with zero attached hydrogens (tertiary/aromatic N) is 1. The van der Waals surface area contributed by atoms with Crippen molar-refractivity contribution in [2.75, 3.05) is 13.1 Å². The molecule has 178 valence electrons. The highest BCUT2D eigenvalue weighted by Gasteiger charge is 2.39. The number of carbonyl (C=O) groups excluding carboxylic acids is 3. The molecular formula is C25H39N3O4. The number of alkyl carbamates (subject to hydrolysis) is 1. The number of aryl methyl sites for hydroxylation is 1. The second-order valence-electron chi connectivity index (χ2n) is 9.58. The predicted octanol–water partition coefficient (Wildman–Crippen LogP) is 4.17. The van der Waals surface area contributed by atoms with Crippen molar-refractivity contribution >= 4 is 17.9 Å². The number of hydrogen-bond donors (Lipinski definition) is 2. The fourth-order valence-electron chi connectivity index (χ4n) is 3.75. The summed E-state index contributed by atoms with van der Waals surface area (Å²) < 4.78 is 5.26. The van der Waals surface area contributed by atoms with Crippen molar-refractivity contribution in [1.29, 1.82) is 0 Å². The second-order valence-corrected chi connectivity index (χ2v) is 9.58. The smallest absolute Gasteiger partial charge is 0.408 e. The van der Waals surface area contributed by atoms with E-state index in [1.807, 2.05) is 32.0 Å². The SMILES string of the molecule is CCCCNC(=O)C(c1cccc(C)c1C)N(C(=O)CNC(=O)OC(C)(C)C)C1CCC1. The van der Waals surface area contributed by atoms with E-state index in [1.54, 1.807) is 25.7 Å². The van der Waals surface area contributed by atoms with Crippen LogP contribution in [0.25, 0.3) is 0 Å². The molecule has 0 aliphatic heterocycles. The van der Waals surface area contributed by atoms with Gasteiger partial charge in [-0.1, -0.05) is 31.5 Å². The summed E-state index contributed by atoms with van der Waals surface area (Å²) in [7, 11) is 0. The first-order valence-corrected chi connectivity index (χ1v) is 11.7. The van der Waals surface area contributed by atoms with Crippen LogP contribution in [0.1, 0.15) is 82.5 Å². The van der Waals surface area contributed by atoms with Gasteiger partial charge in [0.1, 0.15) is 18.2 Å². The van der Waals surface area contributed by atoms with Crippen LogP contribution in [-0.4, -0.2) is 47.5 Å². The van der Waals surface area contributed by atoms with Gasteiger partial charge in [-0.25, -0.2) is 4.79 Å². The van der Waals surface area contributed by atoms with E-state index < -0.39 is 17.7 Å². The number of unbranched alkanes of at least 4 members (excludes halogenated alkanes) is 1. The van der Waals surface area contributed by atoms with Crippen molar-refractivity contribution < 1.29 is 19.1 Å². The Morgan fingerprint density at radius 3 is 2.41 bits per heavy atom. The quantitative estimate of drug-likeness (QED) is 0.559. The zero-order valence-corrected chi connectivity index (χ0v) is 20.4. The van der Waals surface area contributed by atoms with E-state index in [2.05, 4.69) is 17.6 Å². The van der Waals surface area contributed by atoms with Crippen LogP contribution in [-0.2, 0) is 14.3 Å². The lowest BCUT2D eigenvalue weighted by Gasteiger charge is -2.42. The standard InChI is InChI=1S/C25H39N3O4/c1-7-8-15-26-23(30)22(20-14-9-11-17(2)18(20)3)28(19-12-10-13-19)21(29)16-27-24(31)32-25(4,5)6/h9,11,14,19,22H,7-8,10,12-13,15-16H2,1-6H3,(H,26,30)(H,27,31). The van der Waals surface area contributed by atoms with Crippen LogP contribution in [0.4, 0.5) is 4.79 Å². The molecule has 1 unspecified atom stereocenters. The van der Waals surface area contributed by atoms with Crippen molar-refractivity contribution in [2.45, 2.75) is 91.3 Å². The minimum Gasteiger partial charge on any atom is -0.444 e. The van der Waals surface area contributed by atoms with Crippen LogP contribution in [0.15, 0.2) is 18.2 Å². The highest BCUT2D eigenvalue weighted by Crippen LogP contribution is 2.34. The molecule has 0 aromatic heterocycles. The minimum atomic E-state index is -0.731. The molecule has 7 heteroatoms. The number of nitrogens with one attached hydrogen (secondary N) is 2. The lowest BCUT2D eigenvalue weighted by Crippen LogP contribution is -2.54. The van der Waals surface area contributed by atoms with Crippen LogP contribution in [0.2, 0.25) is 0 Å². The summed E-state index contributed by atoms with van der Waals surface area (Å²) in [5.74, 6) is -0.457. The highest BCUT2D eigenvalue weighted by molar-refractivity contribution is 5.91. The zero-order valence-electron chi connectivity index (χ0n) is 20.4. The van der Waals surface area contributed by atoms with E-state index in [1.165, 1.54) is 0 Å². The van der Waals surface area contributed by atoms with Crippen LogP contribution in [0.3, 0.4) is 0 Å². The lowest BCUT2D eigenvalue weighted by molar-refractivity contribution is -0.145.